The minimum Gasteiger partial charge on any atom is -0.374 e. The van der Waals surface area contributed by atoms with E-state index in [-0.39, 0.29) is 5.60 Å². The van der Waals surface area contributed by atoms with E-state index in [1.807, 2.05) is 7.05 Å². The van der Waals surface area contributed by atoms with Crippen molar-refractivity contribution in [2.75, 3.05) is 13.7 Å². The molecule has 114 valence electrons. The van der Waals surface area contributed by atoms with Gasteiger partial charge in [0, 0.05) is 18.7 Å². The summed E-state index contributed by atoms with van der Waals surface area (Å²) in [6.07, 6.45) is 8.32. The van der Waals surface area contributed by atoms with E-state index in [1.165, 1.54) is 25.7 Å². The van der Waals surface area contributed by atoms with Crippen molar-refractivity contribution in [2.45, 2.75) is 70.6 Å². The van der Waals surface area contributed by atoms with Gasteiger partial charge in [-0.2, -0.15) is 5.10 Å². The van der Waals surface area contributed by atoms with Crippen LogP contribution in [-0.4, -0.2) is 35.1 Å². The number of nitrogens with one attached hydrogen (secondary N) is 1. The van der Waals surface area contributed by atoms with Crippen LogP contribution in [0.1, 0.15) is 58.2 Å². The summed E-state index contributed by atoms with van der Waals surface area (Å²) >= 11 is 0. The van der Waals surface area contributed by atoms with Gasteiger partial charge in [-0.1, -0.05) is 12.8 Å². The third-order valence-electron chi connectivity index (χ3n) is 3.94. The van der Waals surface area contributed by atoms with E-state index in [1.54, 1.807) is 0 Å². The molecular weight excluding hydrogens is 250 g/mol. The fraction of sp³-hybridized carbons (Fsp3) is 0.812. The molecule has 1 unspecified atom stereocenters. The molecule has 1 atom stereocenters. The van der Waals surface area contributed by atoms with E-state index in [2.05, 4.69) is 43.0 Å². The average Bonchev–Trinajstić information content (AvgIpc) is 3.03. The molecule has 4 heteroatoms. The predicted octanol–water partition coefficient (Wildman–Crippen LogP) is 2.94. The Balaban J connectivity index is 1.87. The Bertz CT molecular complexity index is 402. The monoisotopic (exact) mass is 279 g/mol. The number of nitrogens with zero attached hydrogens (tertiary/aromatic N) is 2. The zero-order valence-corrected chi connectivity index (χ0v) is 13.4. The quantitative estimate of drug-likeness (QED) is 0.870. The topological polar surface area (TPSA) is 39.1 Å². The molecule has 1 fully saturated rings. The molecule has 0 amide bonds. The fourth-order valence-electron chi connectivity index (χ4n) is 2.71. The minimum atomic E-state index is -0.0850. The van der Waals surface area contributed by atoms with E-state index in [4.69, 9.17) is 9.84 Å². The Labute approximate surface area is 122 Å². The number of hydrogen-bond acceptors (Lipinski definition) is 3. The molecule has 20 heavy (non-hydrogen) atoms. The number of rotatable bonds is 6. The van der Waals surface area contributed by atoms with Crippen molar-refractivity contribution >= 4 is 0 Å². The van der Waals surface area contributed by atoms with E-state index < -0.39 is 0 Å². The van der Waals surface area contributed by atoms with Crippen molar-refractivity contribution in [2.24, 2.45) is 0 Å². The highest BCUT2D eigenvalue weighted by Gasteiger charge is 2.19. The molecule has 1 aromatic rings. The van der Waals surface area contributed by atoms with Crippen LogP contribution in [0.2, 0.25) is 0 Å². The summed E-state index contributed by atoms with van der Waals surface area (Å²) in [5, 5.41) is 8.07. The first-order valence-electron chi connectivity index (χ1n) is 7.83. The summed E-state index contributed by atoms with van der Waals surface area (Å²) in [5.41, 5.74) is 1.08. The minimum absolute atomic E-state index is 0.0850. The second-order valence-corrected chi connectivity index (χ2v) is 6.84. The van der Waals surface area contributed by atoms with Gasteiger partial charge in [0.05, 0.1) is 23.9 Å². The van der Waals surface area contributed by atoms with Gasteiger partial charge in [0.15, 0.2) is 0 Å². The zero-order valence-electron chi connectivity index (χ0n) is 13.4. The van der Waals surface area contributed by atoms with Crippen molar-refractivity contribution in [3.63, 3.8) is 0 Å². The molecule has 2 rings (SSSR count). The molecule has 0 bridgehead atoms. The Kier molecular flexibility index (Phi) is 5.22. The Hall–Kier alpha value is -0.870. The van der Waals surface area contributed by atoms with E-state index in [0.29, 0.717) is 12.1 Å². The van der Waals surface area contributed by atoms with Gasteiger partial charge in [0.2, 0.25) is 0 Å². The SMILES string of the molecule is CNC(COC(C)(C)C)Cc1ccn(C2CCCC2)n1. The van der Waals surface area contributed by atoms with Crippen LogP contribution in [0.25, 0.3) is 0 Å². The zero-order chi connectivity index (χ0) is 14.6. The molecule has 1 aromatic heterocycles. The highest BCUT2D eigenvalue weighted by Crippen LogP contribution is 2.28. The van der Waals surface area contributed by atoms with Gasteiger partial charge >= 0.3 is 0 Å². The van der Waals surface area contributed by atoms with Crippen molar-refractivity contribution in [1.82, 2.24) is 15.1 Å². The van der Waals surface area contributed by atoms with Crippen LogP contribution >= 0.6 is 0 Å². The van der Waals surface area contributed by atoms with Crippen LogP contribution in [-0.2, 0) is 11.2 Å². The first kappa shape index (κ1) is 15.5. The van der Waals surface area contributed by atoms with Crippen LogP contribution in [0.4, 0.5) is 0 Å². The van der Waals surface area contributed by atoms with Gasteiger partial charge in [0.25, 0.3) is 0 Å². The number of ether oxygens (including phenoxy) is 1. The standard InChI is InChI=1S/C16H29N3O/c1-16(2,3)20-12-14(17-4)11-13-9-10-19(18-13)15-7-5-6-8-15/h9-10,14-15,17H,5-8,11-12H2,1-4H3. The maximum absolute atomic E-state index is 5.86. The second-order valence-electron chi connectivity index (χ2n) is 6.84. The van der Waals surface area contributed by atoms with Gasteiger partial charge in [-0.15, -0.1) is 0 Å². The Morgan fingerprint density at radius 1 is 1.40 bits per heavy atom. The fourth-order valence-corrected chi connectivity index (χ4v) is 2.71. The van der Waals surface area contributed by atoms with Gasteiger partial charge in [-0.3, -0.25) is 4.68 Å². The molecule has 0 aliphatic heterocycles. The molecule has 0 spiro atoms. The first-order chi connectivity index (χ1) is 9.48. The van der Waals surface area contributed by atoms with Gasteiger partial charge < -0.3 is 10.1 Å². The summed E-state index contributed by atoms with van der Waals surface area (Å²) in [6, 6.07) is 3.10. The number of likely N-dealkylation sites (N-methyl/N-ethyl adjacent to an activating group) is 1. The van der Waals surface area contributed by atoms with Crippen LogP contribution in [0.3, 0.4) is 0 Å². The predicted molar refractivity (Wildman–Crippen MR) is 82.0 cm³/mol. The summed E-state index contributed by atoms with van der Waals surface area (Å²) in [7, 11) is 1.99. The maximum Gasteiger partial charge on any atom is 0.0641 e. The molecule has 1 heterocycles. The van der Waals surface area contributed by atoms with Crippen molar-refractivity contribution < 1.29 is 4.74 Å². The lowest BCUT2D eigenvalue weighted by molar-refractivity contribution is -0.0136. The number of hydrogen-bond donors (Lipinski definition) is 1. The van der Waals surface area contributed by atoms with Crippen LogP contribution in [0, 0.1) is 0 Å². The lowest BCUT2D eigenvalue weighted by Crippen LogP contribution is -2.36. The molecule has 1 N–H and O–H groups in total. The molecule has 4 nitrogen and oxygen atoms in total. The molecule has 0 radical (unpaired) electrons. The van der Waals surface area contributed by atoms with Crippen LogP contribution < -0.4 is 5.32 Å². The van der Waals surface area contributed by atoms with E-state index >= 15 is 0 Å². The normalized spacial score (nSPS) is 18.6. The summed E-state index contributed by atoms with van der Waals surface area (Å²) in [5.74, 6) is 0. The highest BCUT2D eigenvalue weighted by atomic mass is 16.5. The van der Waals surface area contributed by atoms with Gasteiger partial charge in [-0.05, 0) is 46.7 Å². The third kappa shape index (κ3) is 4.60. The summed E-state index contributed by atoms with van der Waals surface area (Å²) in [4.78, 5) is 0. The molecule has 0 saturated heterocycles. The Morgan fingerprint density at radius 3 is 2.70 bits per heavy atom. The van der Waals surface area contributed by atoms with Gasteiger partial charge in [-0.25, -0.2) is 0 Å². The molecule has 1 aliphatic carbocycles. The van der Waals surface area contributed by atoms with Crippen molar-refractivity contribution in [3.8, 4) is 0 Å². The van der Waals surface area contributed by atoms with E-state index in [0.717, 1.165) is 18.7 Å². The smallest absolute Gasteiger partial charge is 0.0641 e. The van der Waals surface area contributed by atoms with E-state index in [9.17, 15) is 0 Å². The Morgan fingerprint density at radius 2 is 2.10 bits per heavy atom. The van der Waals surface area contributed by atoms with Crippen molar-refractivity contribution in [3.05, 3.63) is 18.0 Å². The largest absolute Gasteiger partial charge is 0.374 e. The molecule has 1 aliphatic rings. The molecule has 0 aromatic carbocycles. The first-order valence-corrected chi connectivity index (χ1v) is 7.83. The highest BCUT2D eigenvalue weighted by molar-refractivity contribution is 5.02. The van der Waals surface area contributed by atoms with Gasteiger partial charge in [0.1, 0.15) is 0 Å². The summed E-state index contributed by atoms with van der Waals surface area (Å²) < 4.78 is 8.03. The lowest BCUT2D eigenvalue weighted by atomic mass is 10.1. The average molecular weight is 279 g/mol. The summed E-state index contributed by atoms with van der Waals surface area (Å²) in [6.45, 7) is 6.99. The van der Waals surface area contributed by atoms with Crippen LogP contribution in [0.15, 0.2) is 12.3 Å². The third-order valence-corrected chi connectivity index (χ3v) is 3.94. The number of aromatic nitrogens is 2. The molecule has 1 saturated carbocycles. The molecular formula is C16H29N3O. The maximum atomic E-state index is 5.86. The van der Waals surface area contributed by atoms with Crippen LogP contribution in [0.5, 0.6) is 0 Å². The second kappa shape index (κ2) is 6.72. The lowest BCUT2D eigenvalue weighted by Gasteiger charge is -2.24. The van der Waals surface area contributed by atoms with Crippen molar-refractivity contribution in [1.29, 1.82) is 0 Å².